The minimum absolute atomic E-state index is 0.0365. The monoisotopic (exact) mass is 313 g/mol. The van der Waals surface area contributed by atoms with Crippen LogP contribution in [0.4, 0.5) is 4.79 Å². The van der Waals surface area contributed by atoms with E-state index in [2.05, 4.69) is 0 Å². The average molecular weight is 313 g/mol. The maximum absolute atomic E-state index is 12.2. The Kier molecular flexibility index (Phi) is 5.05. The lowest BCUT2D eigenvalue weighted by atomic mass is 9.81. The first kappa shape index (κ1) is 16.7. The molecule has 22 heavy (non-hydrogen) atoms. The van der Waals surface area contributed by atoms with Gasteiger partial charge in [0.15, 0.2) is 5.78 Å². The first-order valence-corrected chi connectivity index (χ1v) is 7.60. The molecule has 0 radical (unpaired) electrons. The molecule has 0 bridgehead atoms. The van der Waals surface area contributed by atoms with Gasteiger partial charge >= 0.3 is 12.1 Å². The summed E-state index contributed by atoms with van der Waals surface area (Å²) in [6, 6.07) is 0. The lowest BCUT2D eigenvalue weighted by molar-refractivity contribution is -0.184. The van der Waals surface area contributed by atoms with Crippen molar-refractivity contribution in [2.45, 2.75) is 51.4 Å². The van der Waals surface area contributed by atoms with Crippen LogP contribution in [0.2, 0.25) is 0 Å². The van der Waals surface area contributed by atoms with Crippen LogP contribution in [-0.4, -0.2) is 54.8 Å². The fourth-order valence-electron chi connectivity index (χ4n) is 2.60. The van der Waals surface area contributed by atoms with Crippen LogP contribution < -0.4 is 0 Å². The van der Waals surface area contributed by atoms with Gasteiger partial charge in [0.25, 0.3) is 0 Å². The molecule has 7 heteroatoms. The van der Waals surface area contributed by atoms with Crippen molar-refractivity contribution in [3.63, 3.8) is 0 Å². The van der Waals surface area contributed by atoms with E-state index in [0.29, 0.717) is 26.1 Å². The largest absolute Gasteiger partial charge is 0.425 e. The van der Waals surface area contributed by atoms with Crippen molar-refractivity contribution in [2.24, 2.45) is 5.92 Å². The van der Waals surface area contributed by atoms with Gasteiger partial charge in [0, 0.05) is 20.4 Å². The van der Waals surface area contributed by atoms with Crippen molar-refractivity contribution >= 4 is 17.8 Å². The number of hydrogen-bond acceptors (Lipinski definition) is 6. The highest BCUT2D eigenvalue weighted by Gasteiger charge is 2.42. The minimum Gasteiger partial charge on any atom is -0.425 e. The highest BCUT2D eigenvalue weighted by Crippen LogP contribution is 2.30. The van der Waals surface area contributed by atoms with E-state index in [1.165, 1.54) is 11.8 Å². The molecule has 0 spiro atoms. The molecule has 0 aromatic heterocycles. The van der Waals surface area contributed by atoms with Crippen molar-refractivity contribution in [1.82, 2.24) is 4.90 Å². The number of esters is 1. The fraction of sp³-hybridized carbons (Fsp3) is 0.800. The molecule has 2 atom stereocenters. The Morgan fingerprint density at radius 1 is 1.32 bits per heavy atom. The number of rotatable bonds is 4. The molecule has 1 aliphatic heterocycles. The zero-order valence-electron chi connectivity index (χ0n) is 13.3. The number of likely N-dealkylation sites (N-methyl/N-ethyl adjacent to an activating group) is 1. The van der Waals surface area contributed by atoms with Crippen molar-refractivity contribution < 1.29 is 28.6 Å². The molecule has 1 saturated carbocycles. The Hall–Kier alpha value is -1.63. The summed E-state index contributed by atoms with van der Waals surface area (Å²) < 4.78 is 15.1. The van der Waals surface area contributed by atoms with E-state index in [1.54, 1.807) is 14.0 Å². The number of Topliss-reactive ketones (excluding diaryl/α,β-unsaturated/α-hetero) is 1. The van der Waals surface area contributed by atoms with Gasteiger partial charge in [-0.3, -0.25) is 14.5 Å². The number of carbonyl (C=O) groups is 3. The standard InChI is InChI=1S/C15H23NO6/c1-10(21-13(18)11-8-20-9-11)22-14(19)16(3)15(2)7-5-4-6-12(15)17/h10-11H,4-9H2,1-3H3/t10?,15-/m1/s1. The molecule has 124 valence electrons. The van der Waals surface area contributed by atoms with Crippen molar-refractivity contribution in [3.8, 4) is 0 Å². The Balaban J connectivity index is 1.87. The van der Waals surface area contributed by atoms with E-state index in [4.69, 9.17) is 14.2 Å². The molecule has 7 nitrogen and oxygen atoms in total. The normalized spacial score (nSPS) is 26.8. The van der Waals surface area contributed by atoms with E-state index in [0.717, 1.165) is 12.8 Å². The lowest BCUT2D eigenvalue weighted by Gasteiger charge is -2.39. The summed E-state index contributed by atoms with van der Waals surface area (Å²) >= 11 is 0. The van der Waals surface area contributed by atoms with E-state index in [1.807, 2.05) is 0 Å². The molecule has 1 saturated heterocycles. The first-order valence-electron chi connectivity index (χ1n) is 7.60. The molecule has 1 unspecified atom stereocenters. The van der Waals surface area contributed by atoms with E-state index >= 15 is 0 Å². The van der Waals surface area contributed by atoms with Gasteiger partial charge in [0.1, 0.15) is 11.5 Å². The molecule has 1 aliphatic carbocycles. The smallest absolute Gasteiger partial charge is 0.413 e. The quantitative estimate of drug-likeness (QED) is 0.578. The zero-order chi connectivity index (χ0) is 16.3. The lowest BCUT2D eigenvalue weighted by Crippen LogP contribution is -2.55. The molecular formula is C15H23NO6. The molecular weight excluding hydrogens is 290 g/mol. The van der Waals surface area contributed by atoms with E-state index in [9.17, 15) is 14.4 Å². The van der Waals surface area contributed by atoms with Crippen LogP contribution in [0.3, 0.4) is 0 Å². The summed E-state index contributed by atoms with van der Waals surface area (Å²) in [7, 11) is 1.54. The highest BCUT2D eigenvalue weighted by molar-refractivity contribution is 5.91. The van der Waals surface area contributed by atoms with Crippen LogP contribution in [0.25, 0.3) is 0 Å². The number of hydrogen-bond donors (Lipinski definition) is 0. The average Bonchev–Trinajstić information content (AvgIpc) is 2.38. The number of ether oxygens (including phenoxy) is 3. The van der Waals surface area contributed by atoms with Gasteiger partial charge in [-0.2, -0.15) is 0 Å². The van der Waals surface area contributed by atoms with Gasteiger partial charge in [0.2, 0.25) is 6.29 Å². The van der Waals surface area contributed by atoms with Gasteiger partial charge in [-0.1, -0.05) is 6.42 Å². The van der Waals surface area contributed by atoms with Crippen LogP contribution in [0, 0.1) is 5.92 Å². The number of carbonyl (C=O) groups excluding carboxylic acids is 3. The predicted octanol–water partition coefficient (Wildman–Crippen LogP) is 1.49. The first-order chi connectivity index (χ1) is 10.3. The molecule has 1 amide bonds. The van der Waals surface area contributed by atoms with Crippen LogP contribution >= 0.6 is 0 Å². The summed E-state index contributed by atoms with van der Waals surface area (Å²) in [5.74, 6) is -0.681. The molecule has 2 fully saturated rings. The molecule has 0 aromatic carbocycles. The predicted molar refractivity (Wildman–Crippen MR) is 76.0 cm³/mol. The van der Waals surface area contributed by atoms with Crippen molar-refractivity contribution in [3.05, 3.63) is 0 Å². The maximum atomic E-state index is 12.2. The van der Waals surface area contributed by atoms with Crippen molar-refractivity contribution in [1.29, 1.82) is 0 Å². The minimum atomic E-state index is -0.995. The topological polar surface area (TPSA) is 82.1 Å². The Bertz CT molecular complexity index is 461. The summed E-state index contributed by atoms with van der Waals surface area (Å²) in [4.78, 5) is 37.2. The van der Waals surface area contributed by atoms with Crippen LogP contribution in [0.1, 0.15) is 39.5 Å². The molecule has 0 aromatic rings. The Morgan fingerprint density at radius 3 is 2.55 bits per heavy atom. The van der Waals surface area contributed by atoms with Gasteiger partial charge in [-0.05, 0) is 19.8 Å². The molecule has 1 heterocycles. The van der Waals surface area contributed by atoms with Gasteiger partial charge in [0.05, 0.1) is 13.2 Å². The molecule has 2 rings (SSSR count). The number of ketones is 1. The second-order valence-corrected chi connectivity index (χ2v) is 6.09. The SMILES string of the molecule is CC(OC(=O)C1COC1)OC(=O)N(C)[C@]1(C)CCCCC1=O. The fourth-order valence-corrected chi connectivity index (χ4v) is 2.60. The molecule has 2 aliphatic rings. The second-order valence-electron chi connectivity index (χ2n) is 6.09. The summed E-state index contributed by atoms with van der Waals surface area (Å²) in [6.07, 6.45) is 1.18. The zero-order valence-corrected chi connectivity index (χ0v) is 13.3. The van der Waals surface area contributed by atoms with Crippen molar-refractivity contribution in [2.75, 3.05) is 20.3 Å². The van der Waals surface area contributed by atoms with Gasteiger partial charge < -0.3 is 14.2 Å². The summed E-state index contributed by atoms with van der Waals surface area (Å²) in [5.41, 5.74) is -0.846. The number of amides is 1. The van der Waals surface area contributed by atoms with E-state index < -0.39 is 23.9 Å². The van der Waals surface area contributed by atoms with Gasteiger partial charge in [-0.25, -0.2) is 4.79 Å². The number of nitrogens with zero attached hydrogens (tertiary/aromatic N) is 1. The Labute approximate surface area is 129 Å². The maximum Gasteiger partial charge on any atom is 0.413 e. The van der Waals surface area contributed by atoms with Crippen LogP contribution in [-0.2, 0) is 23.8 Å². The third kappa shape index (κ3) is 3.40. The van der Waals surface area contributed by atoms with Gasteiger partial charge in [-0.15, -0.1) is 0 Å². The summed E-state index contributed by atoms with van der Waals surface area (Å²) in [5, 5.41) is 0. The molecule has 0 N–H and O–H groups in total. The van der Waals surface area contributed by atoms with Crippen LogP contribution in [0.15, 0.2) is 0 Å². The third-order valence-electron chi connectivity index (χ3n) is 4.45. The second kappa shape index (κ2) is 6.64. The Morgan fingerprint density at radius 2 is 2.00 bits per heavy atom. The van der Waals surface area contributed by atoms with E-state index in [-0.39, 0.29) is 11.7 Å². The summed E-state index contributed by atoms with van der Waals surface area (Å²) in [6.45, 7) is 3.91. The third-order valence-corrected chi connectivity index (χ3v) is 4.45. The van der Waals surface area contributed by atoms with Crippen LogP contribution in [0.5, 0.6) is 0 Å². The highest BCUT2D eigenvalue weighted by atomic mass is 16.7.